The number of nitrogens with one attached hydrogen (secondary N) is 1. The molecule has 1 amide bonds. The van der Waals surface area contributed by atoms with E-state index in [-0.39, 0.29) is 17.6 Å². The molecule has 0 aromatic carbocycles. The van der Waals surface area contributed by atoms with Crippen LogP contribution in [-0.4, -0.2) is 56.8 Å². The second-order valence-electron chi connectivity index (χ2n) is 7.20. The van der Waals surface area contributed by atoms with Gasteiger partial charge >= 0.3 is 0 Å². The minimum Gasteiger partial charge on any atom is -0.353 e. The zero-order chi connectivity index (χ0) is 16.0. The quantitative estimate of drug-likeness (QED) is 0.799. The Morgan fingerprint density at radius 2 is 2.17 bits per heavy atom. The molecule has 5 rings (SSSR count). The lowest BCUT2D eigenvalue weighted by Crippen LogP contribution is -2.58. The third-order valence-corrected chi connectivity index (χ3v) is 5.44. The Balaban J connectivity index is 1.39. The van der Waals surface area contributed by atoms with Crippen molar-refractivity contribution in [2.24, 2.45) is 11.8 Å². The molecule has 4 heterocycles. The molecule has 4 aliphatic rings. The van der Waals surface area contributed by atoms with Gasteiger partial charge in [0.15, 0.2) is 5.78 Å². The third kappa shape index (κ3) is 3.02. The van der Waals surface area contributed by atoms with Crippen molar-refractivity contribution in [3.8, 4) is 0 Å². The van der Waals surface area contributed by atoms with Crippen molar-refractivity contribution in [1.82, 2.24) is 25.2 Å². The van der Waals surface area contributed by atoms with Gasteiger partial charge in [0.05, 0.1) is 18.7 Å². The summed E-state index contributed by atoms with van der Waals surface area (Å²) in [6, 6.07) is 0.828. The molecule has 0 radical (unpaired) electrons. The number of aromatic nitrogens is 3. The average molecular weight is 317 g/mol. The van der Waals surface area contributed by atoms with Crippen molar-refractivity contribution in [1.29, 1.82) is 0 Å². The predicted octanol–water partition coefficient (Wildman–Crippen LogP) is 0.470. The molecule has 1 aromatic heterocycles. The van der Waals surface area contributed by atoms with Gasteiger partial charge in [-0.1, -0.05) is 5.21 Å². The van der Waals surface area contributed by atoms with Crippen molar-refractivity contribution < 1.29 is 9.59 Å². The van der Waals surface area contributed by atoms with E-state index < -0.39 is 0 Å². The SMILES string of the molecule is CC(=O)c1cn(C[C@H]2C[C@H]3CCN2C[C@@H]3C(=O)NC2CC2)nn1. The average Bonchev–Trinajstić information content (AvgIpc) is 3.22. The van der Waals surface area contributed by atoms with Crippen LogP contribution in [0.2, 0.25) is 0 Å². The summed E-state index contributed by atoms with van der Waals surface area (Å²) < 4.78 is 1.77. The van der Waals surface area contributed by atoms with E-state index in [1.165, 1.54) is 6.92 Å². The van der Waals surface area contributed by atoms with Gasteiger partial charge in [0.1, 0.15) is 5.69 Å². The number of amides is 1. The number of ketones is 1. The fraction of sp³-hybridized carbons (Fsp3) is 0.750. The van der Waals surface area contributed by atoms with Crippen molar-refractivity contribution >= 4 is 11.7 Å². The van der Waals surface area contributed by atoms with Crippen LogP contribution in [0.4, 0.5) is 0 Å². The van der Waals surface area contributed by atoms with Crippen LogP contribution < -0.4 is 5.32 Å². The van der Waals surface area contributed by atoms with E-state index in [9.17, 15) is 9.59 Å². The molecule has 3 saturated heterocycles. The lowest BCUT2D eigenvalue weighted by atomic mass is 9.75. The second kappa shape index (κ2) is 5.70. The largest absolute Gasteiger partial charge is 0.353 e. The molecule has 7 heteroatoms. The highest BCUT2D eigenvalue weighted by Gasteiger charge is 2.44. The van der Waals surface area contributed by atoms with Gasteiger partial charge in [-0.05, 0) is 38.1 Å². The zero-order valence-electron chi connectivity index (χ0n) is 13.4. The van der Waals surface area contributed by atoms with Gasteiger partial charge in [0.25, 0.3) is 0 Å². The first-order valence-corrected chi connectivity index (χ1v) is 8.55. The molecular weight excluding hydrogens is 294 g/mol. The Morgan fingerprint density at radius 3 is 2.78 bits per heavy atom. The van der Waals surface area contributed by atoms with Crippen LogP contribution >= 0.6 is 0 Å². The summed E-state index contributed by atoms with van der Waals surface area (Å²) in [4.78, 5) is 26.1. The number of hydrogen-bond acceptors (Lipinski definition) is 5. The number of carbonyl (C=O) groups is 2. The standard InChI is InChI=1S/C16H23N5O2/c1-10(22)15-9-21(19-18-15)7-13-6-11-4-5-20(13)8-14(11)16(23)17-12-2-3-12/h9,11-14H,2-8H2,1H3,(H,17,23)/t11-,13-,14+/m1/s1. The minimum atomic E-state index is -0.0569. The molecule has 23 heavy (non-hydrogen) atoms. The van der Waals surface area contributed by atoms with E-state index in [1.807, 2.05) is 0 Å². The molecule has 2 bridgehead atoms. The van der Waals surface area contributed by atoms with Crippen molar-refractivity contribution in [2.45, 2.75) is 51.2 Å². The van der Waals surface area contributed by atoms with Gasteiger partial charge in [-0.15, -0.1) is 5.10 Å². The topological polar surface area (TPSA) is 80.1 Å². The van der Waals surface area contributed by atoms with E-state index in [0.717, 1.165) is 45.3 Å². The van der Waals surface area contributed by atoms with Gasteiger partial charge < -0.3 is 5.32 Å². The summed E-state index contributed by atoms with van der Waals surface area (Å²) >= 11 is 0. The third-order valence-electron chi connectivity index (χ3n) is 5.44. The summed E-state index contributed by atoms with van der Waals surface area (Å²) in [5.74, 6) is 0.808. The van der Waals surface area contributed by atoms with Gasteiger partial charge in [-0.3, -0.25) is 19.2 Å². The Morgan fingerprint density at radius 1 is 1.35 bits per heavy atom. The Kier molecular flexibility index (Phi) is 3.67. The van der Waals surface area contributed by atoms with E-state index in [0.29, 0.717) is 23.7 Å². The second-order valence-corrected chi connectivity index (χ2v) is 7.20. The summed E-state index contributed by atoms with van der Waals surface area (Å²) in [7, 11) is 0. The Bertz CT molecular complexity index is 624. The van der Waals surface area contributed by atoms with Gasteiger partial charge in [-0.2, -0.15) is 0 Å². The molecule has 124 valence electrons. The number of Topliss-reactive ketones (excluding diaryl/α,β-unsaturated/α-hetero) is 1. The summed E-state index contributed by atoms with van der Waals surface area (Å²) in [5, 5.41) is 11.1. The maximum Gasteiger partial charge on any atom is 0.224 e. The van der Waals surface area contributed by atoms with Crippen LogP contribution in [0.3, 0.4) is 0 Å². The highest BCUT2D eigenvalue weighted by molar-refractivity contribution is 5.91. The summed E-state index contributed by atoms with van der Waals surface area (Å²) in [6.07, 6.45) is 6.14. The van der Waals surface area contributed by atoms with E-state index in [4.69, 9.17) is 0 Å². The molecule has 7 nitrogen and oxygen atoms in total. The molecule has 1 N–H and O–H groups in total. The van der Waals surface area contributed by atoms with Crippen molar-refractivity contribution in [3.05, 3.63) is 11.9 Å². The van der Waals surface area contributed by atoms with Crippen LogP contribution in [0.1, 0.15) is 43.1 Å². The van der Waals surface area contributed by atoms with Crippen LogP contribution in [0.25, 0.3) is 0 Å². The van der Waals surface area contributed by atoms with Crippen LogP contribution in [0.5, 0.6) is 0 Å². The molecule has 1 unspecified atom stereocenters. The molecule has 1 aliphatic carbocycles. The fourth-order valence-electron chi connectivity index (χ4n) is 3.93. The fourth-order valence-corrected chi connectivity index (χ4v) is 3.93. The number of hydrogen-bond donors (Lipinski definition) is 1. The highest BCUT2D eigenvalue weighted by atomic mass is 16.2. The molecular formula is C16H23N5O2. The Labute approximate surface area is 135 Å². The van der Waals surface area contributed by atoms with Crippen molar-refractivity contribution in [3.63, 3.8) is 0 Å². The molecule has 4 atom stereocenters. The smallest absolute Gasteiger partial charge is 0.224 e. The maximum atomic E-state index is 12.4. The van der Waals surface area contributed by atoms with Crippen molar-refractivity contribution in [2.75, 3.05) is 13.1 Å². The number of piperidine rings is 3. The van der Waals surface area contributed by atoms with Crippen LogP contribution in [0.15, 0.2) is 6.20 Å². The molecule has 4 fully saturated rings. The number of carbonyl (C=O) groups excluding carboxylic acids is 2. The van der Waals surface area contributed by atoms with E-state index in [2.05, 4.69) is 20.5 Å². The van der Waals surface area contributed by atoms with Crippen LogP contribution in [0, 0.1) is 11.8 Å². The lowest BCUT2D eigenvalue weighted by molar-refractivity contribution is -0.133. The number of fused-ring (bicyclic) bond motifs is 3. The first kappa shape index (κ1) is 14.8. The highest BCUT2D eigenvalue weighted by Crippen LogP contribution is 2.37. The Hall–Kier alpha value is -1.76. The number of rotatable bonds is 5. The minimum absolute atomic E-state index is 0.0569. The van der Waals surface area contributed by atoms with Gasteiger partial charge in [0, 0.05) is 25.6 Å². The maximum absolute atomic E-state index is 12.4. The van der Waals surface area contributed by atoms with Gasteiger partial charge in [0.2, 0.25) is 5.91 Å². The molecule has 1 saturated carbocycles. The van der Waals surface area contributed by atoms with Gasteiger partial charge in [-0.25, -0.2) is 0 Å². The predicted molar refractivity (Wildman–Crippen MR) is 82.8 cm³/mol. The van der Waals surface area contributed by atoms with Crippen LogP contribution in [-0.2, 0) is 11.3 Å². The lowest BCUT2D eigenvalue weighted by Gasteiger charge is -2.49. The molecule has 3 aliphatic heterocycles. The number of nitrogens with zero attached hydrogens (tertiary/aromatic N) is 4. The van der Waals surface area contributed by atoms with E-state index >= 15 is 0 Å². The molecule has 0 spiro atoms. The zero-order valence-corrected chi connectivity index (χ0v) is 13.4. The van der Waals surface area contributed by atoms with E-state index in [1.54, 1.807) is 10.9 Å². The summed E-state index contributed by atoms with van der Waals surface area (Å²) in [6.45, 7) is 4.15. The summed E-state index contributed by atoms with van der Waals surface area (Å²) in [5.41, 5.74) is 0.419. The molecule has 1 aromatic rings. The first-order valence-electron chi connectivity index (χ1n) is 8.55. The normalized spacial score (nSPS) is 32.7. The first-order chi connectivity index (χ1) is 11.1. The monoisotopic (exact) mass is 317 g/mol.